The molecule has 1 aliphatic rings. The van der Waals surface area contributed by atoms with Crippen LogP contribution in [0.25, 0.3) is 0 Å². The van der Waals surface area contributed by atoms with Crippen molar-refractivity contribution < 1.29 is 9.47 Å². The van der Waals surface area contributed by atoms with Crippen molar-refractivity contribution in [1.29, 1.82) is 0 Å². The smallest absolute Gasteiger partial charge is 0.121 e. The molecule has 100 valence electrons. The summed E-state index contributed by atoms with van der Waals surface area (Å²) in [6.45, 7) is 2.66. The lowest BCUT2D eigenvalue weighted by atomic mass is 10.1. The summed E-state index contributed by atoms with van der Waals surface area (Å²) in [5.74, 6) is 0.826. The minimum absolute atomic E-state index is 0.715. The highest BCUT2D eigenvalue weighted by Gasteiger charge is 2.28. The molecule has 2 rings (SSSR count). The predicted octanol–water partition coefficient (Wildman–Crippen LogP) is 1.89. The molecule has 1 aromatic carbocycles. The van der Waals surface area contributed by atoms with Crippen molar-refractivity contribution in [1.82, 2.24) is 4.90 Å². The fourth-order valence-corrected chi connectivity index (χ4v) is 2.17. The van der Waals surface area contributed by atoms with E-state index in [0.29, 0.717) is 6.04 Å². The second-order valence-electron chi connectivity index (χ2n) is 4.81. The molecule has 1 saturated carbocycles. The van der Waals surface area contributed by atoms with Crippen LogP contribution in [-0.2, 0) is 11.3 Å². The Morgan fingerprint density at radius 1 is 1.28 bits per heavy atom. The van der Waals surface area contributed by atoms with Crippen molar-refractivity contribution in [3.05, 3.63) is 23.8 Å². The zero-order valence-electron chi connectivity index (χ0n) is 11.2. The predicted molar refractivity (Wildman–Crippen MR) is 72.7 cm³/mol. The Bertz CT molecular complexity index is 391. The molecule has 0 spiro atoms. The van der Waals surface area contributed by atoms with Crippen LogP contribution in [0.3, 0.4) is 0 Å². The van der Waals surface area contributed by atoms with Gasteiger partial charge in [0.15, 0.2) is 0 Å². The molecule has 4 heteroatoms. The zero-order valence-corrected chi connectivity index (χ0v) is 11.2. The van der Waals surface area contributed by atoms with Gasteiger partial charge in [0.05, 0.1) is 13.7 Å². The SMILES string of the molecule is COCCN(Cc1cc(N)cc(OC)c1)C1CC1. The molecular formula is C14H22N2O2. The lowest BCUT2D eigenvalue weighted by Crippen LogP contribution is -2.29. The van der Waals surface area contributed by atoms with E-state index in [4.69, 9.17) is 15.2 Å². The highest BCUT2D eigenvalue weighted by atomic mass is 16.5. The van der Waals surface area contributed by atoms with Crippen LogP contribution >= 0.6 is 0 Å². The van der Waals surface area contributed by atoms with Crippen molar-refractivity contribution in [3.63, 3.8) is 0 Å². The highest BCUT2D eigenvalue weighted by molar-refractivity contribution is 5.47. The summed E-state index contributed by atoms with van der Waals surface area (Å²) < 4.78 is 10.4. The van der Waals surface area contributed by atoms with E-state index < -0.39 is 0 Å². The standard InChI is InChI=1S/C14H22N2O2/c1-17-6-5-16(13-3-4-13)10-11-7-12(15)9-14(8-11)18-2/h7-9,13H,3-6,10,15H2,1-2H3. The number of hydrogen-bond donors (Lipinski definition) is 1. The Morgan fingerprint density at radius 2 is 2.06 bits per heavy atom. The first-order chi connectivity index (χ1) is 8.72. The zero-order chi connectivity index (χ0) is 13.0. The largest absolute Gasteiger partial charge is 0.497 e. The van der Waals surface area contributed by atoms with Crippen molar-refractivity contribution in [2.24, 2.45) is 0 Å². The maximum atomic E-state index is 5.88. The molecule has 2 N–H and O–H groups in total. The molecule has 4 nitrogen and oxygen atoms in total. The number of nitrogens with two attached hydrogens (primary N) is 1. The second-order valence-corrected chi connectivity index (χ2v) is 4.81. The van der Waals surface area contributed by atoms with E-state index in [1.165, 1.54) is 18.4 Å². The third-order valence-corrected chi connectivity index (χ3v) is 3.26. The molecule has 1 fully saturated rings. The molecule has 0 aliphatic heterocycles. The van der Waals surface area contributed by atoms with Crippen LogP contribution in [0, 0.1) is 0 Å². The third-order valence-electron chi connectivity index (χ3n) is 3.26. The first kappa shape index (κ1) is 13.2. The third kappa shape index (κ3) is 3.62. The van der Waals surface area contributed by atoms with Gasteiger partial charge < -0.3 is 15.2 Å². The molecule has 0 atom stereocenters. The number of rotatable bonds is 7. The molecule has 1 aliphatic carbocycles. The molecule has 0 amide bonds. The van der Waals surface area contributed by atoms with E-state index in [9.17, 15) is 0 Å². The lowest BCUT2D eigenvalue weighted by molar-refractivity contribution is 0.139. The molecule has 0 heterocycles. The van der Waals surface area contributed by atoms with Gasteiger partial charge >= 0.3 is 0 Å². The topological polar surface area (TPSA) is 47.7 Å². The van der Waals surface area contributed by atoms with E-state index in [0.717, 1.165) is 31.1 Å². The van der Waals surface area contributed by atoms with Gasteiger partial charge in [-0.25, -0.2) is 0 Å². The Hall–Kier alpha value is -1.26. The van der Waals surface area contributed by atoms with Crippen LogP contribution in [0.5, 0.6) is 5.75 Å². The molecule has 0 unspecified atom stereocenters. The minimum atomic E-state index is 0.715. The summed E-state index contributed by atoms with van der Waals surface area (Å²) in [5.41, 5.74) is 7.84. The normalized spacial score (nSPS) is 15.1. The minimum Gasteiger partial charge on any atom is -0.497 e. The summed E-state index contributed by atoms with van der Waals surface area (Å²) in [7, 11) is 3.41. The number of hydrogen-bond acceptors (Lipinski definition) is 4. The van der Waals surface area contributed by atoms with Crippen LogP contribution in [0.4, 0.5) is 5.69 Å². The first-order valence-corrected chi connectivity index (χ1v) is 6.39. The Balaban J connectivity index is 2.03. The van der Waals surface area contributed by atoms with Gasteiger partial charge in [0.2, 0.25) is 0 Å². The highest BCUT2D eigenvalue weighted by Crippen LogP contribution is 2.29. The summed E-state index contributed by atoms with van der Waals surface area (Å²) in [6.07, 6.45) is 2.59. The lowest BCUT2D eigenvalue weighted by Gasteiger charge is -2.22. The maximum absolute atomic E-state index is 5.88. The van der Waals surface area contributed by atoms with E-state index in [2.05, 4.69) is 11.0 Å². The Labute approximate surface area is 109 Å². The average molecular weight is 250 g/mol. The van der Waals surface area contributed by atoms with Crippen molar-refractivity contribution in [2.75, 3.05) is 33.1 Å². The second kappa shape index (κ2) is 6.07. The van der Waals surface area contributed by atoms with Gasteiger partial charge in [0.1, 0.15) is 5.75 Å². The van der Waals surface area contributed by atoms with E-state index in [1.54, 1.807) is 14.2 Å². The number of methoxy groups -OCH3 is 2. The van der Waals surface area contributed by atoms with Gasteiger partial charge in [-0.15, -0.1) is 0 Å². The summed E-state index contributed by atoms with van der Waals surface area (Å²) >= 11 is 0. The van der Waals surface area contributed by atoms with E-state index in [-0.39, 0.29) is 0 Å². The summed E-state index contributed by atoms with van der Waals surface area (Å²) in [5, 5.41) is 0. The number of anilines is 1. The molecular weight excluding hydrogens is 228 g/mol. The van der Waals surface area contributed by atoms with Crippen molar-refractivity contribution >= 4 is 5.69 Å². The fourth-order valence-electron chi connectivity index (χ4n) is 2.17. The van der Waals surface area contributed by atoms with Crippen LogP contribution in [0.15, 0.2) is 18.2 Å². The van der Waals surface area contributed by atoms with Crippen LogP contribution in [0.2, 0.25) is 0 Å². The molecule has 0 bridgehead atoms. The Morgan fingerprint density at radius 3 is 2.67 bits per heavy atom. The number of nitrogens with zero attached hydrogens (tertiary/aromatic N) is 1. The molecule has 18 heavy (non-hydrogen) atoms. The summed E-state index contributed by atoms with van der Waals surface area (Å²) in [4.78, 5) is 2.46. The maximum Gasteiger partial charge on any atom is 0.121 e. The summed E-state index contributed by atoms with van der Waals surface area (Å²) in [6, 6.07) is 6.64. The van der Waals surface area contributed by atoms with Crippen LogP contribution in [0.1, 0.15) is 18.4 Å². The number of nitrogen functional groups attached to an aromatic ring is 1. The van der Waals surface area contributed by atoms with Gasteiger partial charge in [-0.2, -0.15) is 0 Å². The molecule has 0 aromatic heterocycles. The molecule has 1 aromatic rings. The van der Waals surface area contributed by atoms with Gasteiger partial charge in [0.25, 0.3) is 0 Å². The van der Waals surface area contributed by atoms with Gasteiger partial charge in [-0.05, 0) is 30.5 Å². The molecule has 0 saturated heterocycles. The number of ether oxygens (including phenoxy) is 2. The van der Waals surface area contributed by atoms with Gasteiger partial charge in [0, 0.05) is 38.0 Å². The van der Waals surface area contributed by atoms with Crippen molar-refractivity contribution in [2.45, 2.75) is 25.4 Å². The monoisotopic (exact) mass is 250 g/mol. The first-order valence-electron chi connectivity index (χ1n) is 6.39. The van der Waals surface area contributed by atoms with Crippen LogP contribution < -0.4 is 10.5 Å². The Kier molecular flexibility index (Phi) is 4.44. The van der Waals surface area contributed by atoms with Crippen LogP contribution in [-0.4, -0.2) is 38.3 Å². The van der Waals surface area contributed by atoms with E-state index >= 15 is 0 Å². The fraction of sp³-hybridized carbons (Fsp3) is 0.571. The number of benzene rings is 1. The molecule has 0 radical (unpaired) electrons. The van der Waals surface area contributed by atoms with Gasteiger partial charge in [-0.3, -0.25) is 4.90 Å². The average Bonchev–Trinajstić information content (AvgIpc) is 3.18. The quantitative estimate of drug-likeness (QED) is 0.751. The van der Waals surface area contributed by atoms with Gasteiger partial charge in [-0.1, -0.05) is 0 Å². The van der Waals surface area contributed by atoms with Crippen molar-refractivity contribution in [3.8, 4) is 5.75 Å². The van der Waals surface area contributed by atoms with E-state index in [1.807, 2.05) is 12.1 Å².